The lowest BCUT2D eigenvalue weighted by atomic mass is 10.1. The molecule has 1 amide bonds. The van der Waals surface area contributed by atoms with Gasteiger partial charge in [0.05, 0.1) is 13.1 Å². The van der Waals surface area contributed by atoms with Crippen LogP contribution in [0.1, 0.15) is 16.7 Å². The molecule has 0 aliphatic rings. The molecular weight excluding hydrogens is 439 g/mol. The predicted octanol–water partition coefficient (Wildman–Crippen LogP) is 2.94. The topological polar surface area (TPSA) is 56.7 Å². The number of guanidine groups is 1. The van der Waals surface area contributed by atoms with Crippen molar-refractivity contribution in [3.05, 3.63) is 71.3 Å². The summed E-state index contributed by atoms with van der Waals surface area (Å²) in [5, 5.41) is 6.39. The van der Waals surface area contributed by atoms with Gasteiger partial charge in [-0.2, -0.15) is 0 Å². The van der Waals surface area contributed by atoms with E-state index in [9.17, 15) is 4.79 Å². The van der Waals surface area contributed by atoms with Crippen LogP contribution in [-0.2, 0) is 17.9 Å². The van der Waals surface area contributed by atoms with Crippen LogP contribution in [0, 0.1) is 6.92 Å². The maximum absolute atomic E-state index is 11.8. The van der Waals surface area contributed by atoms with Crippen molar-refractivity contribution >= 4 is 35.8 Å². The van der Waals surface area contributed by atoms with Gasteiger partial charge in [0.15, 0.2) is 5.96 Å². The maximum atomic E-state index is 11.8. The standard InChI is InChI=1S/C20H26N4O.HI/c1-16-9-11-18(12-10-16)14-22-20(23-15-19(25)24(2)3)21-13-17-7-5-4-6-8-17;/h4-12H,13-15H2,1-3H3,(H2,21,22,23);1H. The van der Waals surface area contributed by atoms with E-state index in [0.29, 0.717) is 19.0 Å². The Balaban J connectivity index is 0.00000338. The largest absolute Gasteiger partial charge is 0.352 e. The summed E-state index contributed by atoms with van der Waals surface area (Å²) in [4.78, 5) is 18.0. The first-order valence-electron chi connectivity index (χ1n) is 8.36. The third-order valence-corrected chi connectivity index (χ3v) is 3.75. The van der Waals surface area contributed by atoms with Gasteiger partial charge < -0.3 is 15.5 Å². The molecule has 0 unspecified atom stereocenters. The van der Waals surface area contributed by atoms with Crippen LogP contribution in [0.5, 0.6) is 0 Å². The van der Waals surface area contributed by atoms with Gasteiger partial charge in [-0.1, -0.05) is 60.2 Å². The summed E-state index contributed by atoms with van der Waals surface area (Å²) in [6.07, 6.45) is 0. The van der Waals surface area contributed by atoms with Gasteiger partial charge >= 0.3 is 0 Å². The fourth-order valence-electron chi connectivity index (χ4n) is 2.14. The van der Waals surface area contributed by atoms with Crippen LogP contribution in [0.3, 0.4) is 0 Å². The molecule has 26 heavy (non-hydrogen) atoms. The number of benzene rings is 2. The number of nitrogens with zero attached hydrogens (tertiary/aromatic N) is 2. The molecule has 5 nitrogen and oxygen atoms in total. The smallest absolute Gasteiger partial charge is 0.241 e. The normalized spacial score (nSPS) is 10.7. The number of halogens is 1. The number of nitrogens with one attached hydrogen (secondary N) is 2. The Morgan fingerprint density at radius 2 is 1.62 bits per heavy atom. The Bertz CT molecular complexity index is 700. The van der Waals surface area contributed by atoms with Crippen LogP contribution in [0.15, 0.2) is 59.6 Å². The molecule has 2 N–H and O–H groups in total. The number of likely N-dealkylation sites (N-methyl/N-ethyl adjacent to an activating group) is 1. The zero-order chi connectivity index (χ0) is 18.1. The van der Waals surface area contributed by atoms with Crippen LogP contribution in [-0.4, -0.2) is 37.4 Å². The molecule has 2 aromatic rings. The molecular formula is C20H27IN4O. The second-order valence-electron chi connectivity index (χ2n) is 6.13. The molecule has 0 aromatic heterocycles. The minimum atomic E-state index is 0. The van der Waals surface area contributed by atoms with Crippen LogP contribution in [0.4, 0.5) is 0 Å². The van der Waals surface area contributed by atoms with Crippen LogP contribution >= 0.6 is 24.0 Å². The summed E-state index contributed by atoms with van der Waals surface area (Å²) in [6, 6.07) is 18.4. The minimum absolute atomic E-state index is 0. The molecule has 0 heterocycles. The van der Waals surface area contributed by atoms with Crippen LogP contribution in [0.25, 0.3) is 0 Å². The number of carbonyl (C=O) groups excluding carboxylic acids is 1. The quantitative estimate of drug-likeness (QED) is 0.391. The van der Waals surface area contributed by atoms with E-state index in [2.05, 4.69) is 46.8 Å². The zero-order valence-corrected chi connectivity index (χ0v) is 17.9. The fraction of sp³-hybridized carbons (Fsp3) is 0.300. The van der Waals surface area contributed by atoms with Gasteiger partial charge in [0.1, 0.15) is 0 Å². The second kappa shape index (κ2) is 11.5. The van der Waals surface area contributed by atoms with E-state index in [1.807, 2.05) is 30.3 Å². The molecule has 0 saturated heterocycles. The van der Waals surface area contributed by atoms with Gasteiger partial charge in [-0.25, -0.2) is 4.99 Å². The third kappa shape index (κ3) is 7.86. The predicted molar refractivity (Wildman–Crippen MR) is 118 cm³/mol. The average molecular weight is 466 g/mol. The third-order valence-electron chi connectivity index (χ3n) is 3.75. The Morgan fingerprint density at radius 3 is 2.23 bits per heavy atom. The number of hydrogen-bond acceptors (Lipinski definition) is 2. The highest BCUT2D eigenvalue weighted by molar-refractivity contribution is 14.0. The zero-order valence-electron chi connectivity index (χ0n) is 15.5. The summed E-state index contributed by atoms with van der Waals surface area (Å²) >= 11 is 0. The van der Waals surface area contributed by atoms with Crippen LogP contribution in [0.2, 0.25) is 0 Å². The summed E-state index contributed by atoms with van der Waals surface area (Å²) in [5.41, 5.74) is 3.52. The molecule has 0 fully saturated rings. The molecule has 6 heteroatoms. The molecule has 0 bridgehead atoms. The summed E-state index contributed by atoms with van der Waals surface area (Å²) in [7, 11) is 3.48. The summed E-state index contributed by atoms with van der Waals surface area (Å²) < 4.78 is 0. The van der Waals surface area contributed by atoms with Crippen molar-refractivity contribution in [2.24, 2.45) is 4.99 Å². The van der Waals surface area contributed by atoms with E-state index in [-0.39, 0.29) is 36.4 Å². The highest BCUT2D eigenvalue weighted by atomic mass is 127. The number of amides is 1. The number of aryl methyl sites for hydroxylation is 1. The van der Waals surface area contributed by atoms with Crippen molar-refractivity contribution in [3.63, 3.8) is 0 Å². The van der Waals surface area contributed by atoms with Crippen molar-refractivity contribution in [1.82, 2.24) is 15.5 Å². The van der Waals surface area contributed by atoms with Gasteiger partial charge in [0.2, 0.25) is 5.91 Å². The Labute approximate surface area is 172 Å². The molecule has 0 aliphatic heterocycles. The number of hydrogen-bond donors (Lipinski definition) is 2. The summed E-state index contributed by atoms with van der Waals surface area (Å²) in [5.74, 6) is 0.629. The van der Waals surface area contributed by atoms with Crippen molar-refractivity contribution in [3.8, 4) is 0 Å². The molecule has 2 rings (SSSR count). The molecule has 0 radical (unpaired) electrons. The van der Waals surface area contributed by atoms with E-state index in [1.54, 1.807) is 19.0 Å². The fourth-order valence-corrected chi connectivity index (χ4v) is 2.14. The Hall–Kier alpha value is -2.09. The number of rotatable bonds is 6. The van der Waals surface area contributed by atoms with Gasteiger partial charge in [0, 0.05) is 20.6 Å². The second-order valence-corrected chi connectivity index (χ2v) is 6.13. The number of aliphatic imine (C=N–C) groups is 1. The summed E-state index contributed by atoms with van der Waals surface area (Å²) in [6.45, 7) is 3.48. The molecule has 0 aliphatic carbocycles. The van der Waals surface area contributed by atoms with E-state index >= 15 is 0 Å². The first kappa shape index (κ1) is 22.0. The monoisotopic (exact) mass is 466 g/mol. The van der Waals surface area contributed by atoms with Gasteiger partial charge in [-0.15, -0.1) is 24.0 Å². The van der Waals surface area contributed by atoms with Crippen molar-refractivity contribution in [2.75, 3.05) is 20.6 Å². The lowest BCUT2D eigenvalue weighted by Crippen LogP contribution is -2.42. The average Bonchev–Trinajstić information content (AvgIpc) is 2.63. The van der Waals surface area contributed by atoms with Crippen molar-refractivity contribution in [1.29, 1.82) is 0 Å². The van der Waals surface area contributed by atoms with E-state index in [4.69, 9.17) is 0 Å². The van der Waals surface area contributed by atoms with Crippen LogP contribution < -0.4 is 10.6 Å². The highest BCUT2D eigenvalue weighted by Gasteiger charge is 2.06. The lowest BCUT2D eigenvalue weighted by molar-refractivity contribution is -0.127. The molecule has 0 saturated carbocycles. The maximum Gasteiger partial charge on any atom is 0.241 e. The molecule has 0 spiro atoms. The van der Waals surface area contributed by atoms with E-state index in [1.165, 1.54) is 11.1 Å². The highest BCUT2D eigenvalue weighted by Crippen LogP contribution is 2.03. The first-order valence-corrected chi connectivity index (χ1v) is 8.36. The SMILES string of the molecule is Cc1ccc(CNC(=NCc2ccccc2)NCC(=O)N(C)C)cc1.I. The van der Waals surface area contributed by atoms with E-state index < -0.39 is 0 Å². The molecule has 2 aromatic carbocycles. The lowest BCUT2D eigenvalue weighted by Gasteiger charge is -2.15. The van der Waals surface area contributed by atoms with Gasteiger partial charge in [-0.05, 0) is 18.1 Å². The minimum Gasteiger partial charge on any atom is -0.352 e. The van der Waals surface area contributed by atoms with Gasteiger partial charge in [0.25, 0.3) is 0 Å². The molecule has 140 valence electrons. The Morgan fingerprint density at radius 1 is 0.962 bits per heavy atom. The first-order chi connectivity index (χ1) is 12.0. The van der Waals surface area contributed by atoms with E-state index in [0.717, 1.165) is 5.56 Å². The number of carbonyl (C=O) groups is 1. The Kier molecular flexibility index (Phi) is 9.72. The van der Waals surface area contributed by atoms with Crippen molar-refractivity contribution in [2.45, 2.75) is 20.0 Å². The molecule has 0 atom stereocenters. The van der Waals surface area contributed by atoms with Gasteiger partial charge in [-0.3, -0.25) is 4.79 Å². The van der Waals surface area contributed by atoms with Crippen molar-refractivity contribution < 1.29 is 4.79 Å².